The van der Waals surface area contributed by atoms with Gasteiger partial charge in [-0.1, -0.05) is 0 Å². The van der Waals surface area contributed by atoms with Gasteiger partial charge in [0.25, 0.3) is 0 Å². The summed E-state index contributed by atoms with van der Waals surface area (Å²) in [6, 6.07) is 0. The van der Waals surface area contributed by atoms with Crippen LogP contribution in [0.5, 0.6) is 0 Å². The lowest BCUT2D eigenvalue weighted by molar-refractivity contribution is -0.138. The maximum atomic E-state index is 11.6. The Hall–Kier alpha value is -1.10. The third-order valence-corrected chi connectivity index (χ3v) is 2.06. The van der Waals surface area contributed by atoms with E-state index in [9.17, 15) is 9.59 Å². The van der Waals surface area contributed by atoms with Crippen molar-refractivity contribution in [1.29, 1.82) is 0 Å². The number of aliphatic carboxylic acids is 1. The zero-order valence-electron chi connectivity index (χ0n) is 10.5. The van der Waals surface area contributed by atoms with Crippen LogP contribution in [0.3, 0.4) is 0 Å². The van der Waals surface area contributed by atoms with Crippen molar-refractivity contribution in [1.82, 2.24) is 5.32 Å². The second-order valence-corrected chi connectivity index (χ2v) is 5.49. The van der Waals surface area contributed by atoms with E-state index < -0.39 is 17.0 Å². The fraction of sp³-hybridized carbons (Fsp3) is 0.818. The zero-order chi connectivity index (χ0) is 13.0. The Morgan fingerprint density at radius 2 is 1.75 bits per heavy atom. The molecule has 0 aliphatic carbocycles. The van der Waals surface area contributed by atoms with Gasteiger partial charge in [0, 0.05) is 23.9 Å². The minimum absolute atomic E-state index is 0.0410. The molecule has 0 spiro atoms. The van der Waals surface area contributed by atoms with E-state index in [1.807, 2.05) is 0 Å². The number of carboxylic acids is 1. The molecule has 0 unspecified atom stereocenters. The van der Waals surface area contributed by atoms with Crippen molar-refractivity contribution >= 4 is 11.9 Å². The highest BCUT2D eigenvalue weighted by atomic mass is 16.4. The highest BCUT2D eigenvalue weighted by molar-refractivity contribution is 5.78. The van der Waals surface area contributed by atoms with Crippen molar-refractivity contribution in [3.8, 4) is 0 Å². The van der Waals surface area contributed by atoms with E-state index in [2.05, 4.69) is 5.32 Å². The van der Waals surface area contributed by atoms with E-state index >= 15 is 0 Å². The van der Waals surface area contributed by atoms with E-state index in [1.165, 1.54) is 0 Å². The quantitative estimate of drug-likeness (QED) is 0.631. The van der Waals surface area contributed by atoms with Gasteiger partial charge in [0.2, 0.25) is 5.91 Å². The fourth-order valence-corrected chi connectivity index (χ4v) is 1.32. The van der Waals surface area contributed by atoms with Crippen molar-refractivity contribution in [2.75, 3.05) is 0 Å². The molecule has 0 saturated heterocycles. The van der Waals surface area contributed by atoms with Crippen LogP contribution in [0, 0.1) is 0 Å². The van der Waals surface area contributed by atoms with Gasteiger partial charge in [-0.05, 0) is 34.1 Å². The predicted octanol–water partition coefficient (Wildman–Crippen LogP) is 0.873. The number of carbonyl (C=O) groups excluding carboxylic acids is 1. The van der Waals surface area contributed by atoms with Gasteiger partial charge in [-0.2, -0.15) is 0 Å². The summed E-state index contributed by atoms with van der Waals surface area (Å²) in [6.45, 7) is 7.16. The van der Waals surface area contributed by atoms with Crippen LogP contribution in [0.15, 0.2) is 0 Å². The summed E-state index contributed by atoms with van der Waals surface area (Å²) < 4.78 is 0. The molecule has 0 atom stereocenters. The van der Waals surface area contributed by atoms with E-state index in [0.717, 1.165) is 0 Å². The minimum atomic E-state index is -0.860. The lowest BCUT2D eigenvalue weighted by Gasteiger charge is -2.27. The van der Waals surface area contributed by atoms with Crippen molar-refractivity contribution in [2.45, 2.75) is 58.0 Å². The highest BCUT2D eigenvalue weighted by Crippen LogP contribution is 2.13. The number of rotatable bonds is 6. The molecule has 0 aliphatic heterocycles. The molecule has 0 fully saturated rings. The Morgan fingerprint density at radius 3 is 2.12 bits per heavy atom. The molecular formula is C11H22N2O3. The van der Waals surface area contributed by atoms with Gasteiger partial charge in [0.1, 0.15) is 0 Å². The number of hydrogen-bond acceptors (Lipinski definition) is 3. The van der Waals surface area contributed by atoms with E-state index in [-0.39, 0.29) is 18.7 Å². The van der Waals surface area contributed by atoms with Crippen molar-refractivity contribution in [3.63, 3.8) is 0 Å². The Bertz CT molecular complexity index is 267. The van der Waals surface area contributed by atoms with Gasteiger partial charge in [-0.3, -0.25) is 9.59 Å². The molecule has 0 bridgehead atoms. The second kappa shape index (κ2) is 5.30. The molecule has 0 radical (unpaired) electrons. The van der Waals surface area contributed by atoms with E-state index in [4.69, 9.17) is 10.8 Å². The monoisotopic (exact) mass is 230 g/mol. The summed E-state index contributed by atoms with van der Waals surface area (Å²) in [6.07, 6.45) is 0.669. The average Bonchev–Trinajstić information content (AvgIpc) is 1.95. The molecule has 16 heavy (non-hydrogen) atoms. The van der Waals surface area contributed by atoms with Crippen LogP contribution in [0.25, 0.3) is 0 Å². The molecule has 0 aromatic carbocycles. The van der Waals surface area contributed by atoms with Gasteiger partial charge >= 0.3 is 5.97 Å². The minimum Gasteiger partial charge on any atom is -0.481 e. The van der Waals surface area contributed by atoms with Crippen molar-refractivity contribution in [3.05, 3.63) is 0 Å². The third kappa shape index (κ3) is 8.23. The summed E-state index contributed by atoms with van der Waals surface area (Å²) in [7, 11) is 0. The molecule has 0 aromatic rings. The van der Waals surface area contributed by atoms with Crippen LogP contribution in [0.1, 0.15) is 47.0 Å². The molecular weight excluding hydrogens is 208 g/mol. The maximum absolute atomic E-state index is 11.6. The molecule has 1 amide bonds. The molecule has 0 saturated carbocycles. The van der Waals surface area contributed by atoms with Crippen LogP contribution in [0.2, 0.25) is 0 Å². The molecule has 4 N–H and O–H groups in total. The second-order valence-electron chi connectivity index (χ2n) is 5.49. The van der Waals surface area contributed by atoms with Crippen molar-refractivity contribution in [2.24, 2.45) is 5.73 Å². The first-order valence-corrected chi connectivity index (χ1v) is 5.33. The first kappa shape index (κ1) is 14.9. The van der Waals surface area contributed by atoms with Crippen LogP contribution >= 0.6 is 0 Å². The summed E-state index contributed by atoms with van der Waals surface area (Å²) in [5.74, 6) is -1.01. The number of hydrogen-bond donors (Lipinski definition) is 3. The van der Waals surface area contributed by atoms with Crippen LogP contribution in [-0.4, -0.2) is 28.1 Å². The topological polar surface area (TPSA) is 92.4 Å². The maximum Gasteiger partial charge on any atom is 0.303 e. The first-order chi connectivity index (χ1) is 7.02. The zero-order valence-corrected chi connectivity index (χ0v) is 10.5. The average molecular weight is 230 g/mol. The van der Waals surface area contributed by atoms with Crippen LogP contribution < -0.4 is 11.1 Å². The van der Waals surface area contributed by atoms with Gasteiger partial charge in [-0.25, -0.2) is 0 Å². The van der Waals surface area contributed by atoms with Gasteiger partial charge < -0.3 is 16.2 Å². The number of carboxylic acid groups (broad SMARTS) is 1. The molecule has 94 valence electrons. The lowest BCUT2D eigenvalue weighted by Crippen LogP contribution is -2.47. The molecule has 0 aliphatic rings. The van der Waals surface area contributed by atoms with Crippen LogP contribution in [-0.2, 0) is 9.59 Å². The Kier molecular flexibility index (Phi) is 4.93. The Labute approximate surface area is 96.4 Å². The normalized spacial score (nSPS) is 12.3. The molecule has 0 rings (SSSR count). The summed E-state index contributed by atoms with van der Waals surface area (Å²) >= 11 is 0. The molecule has 0 aromatic heterocycles. The SMILES string of the molecule is CC(C)(N)CC(=O)NC(C)(C)CCC(=O)O. The Morgan fingerprint density at radius 1 is 1.25 bits per heavy atom. The third-order valence-electron chi connectivity index (χ3n) is 2.06. The summed E-state index contributed by atoms with van der Waals surface area (Å²) in [4.78, 5) is 22.0. The van der Waals surface area contributed by atoms with E-state index in [0.29, 0.717) is 6.42 Å². The smallest absolute Gasteiger partial charge is 0.303 e. The largest absolute Gasteiger partial charge is 0.481 e. The first-order valence-electron chi connectivity index (χ1n) is 5.33. The van der Waals surface area contributed by atoms with Gasteiger partial charge in [-0.15, -0.1) is 0 Å². The summed E-state index contributed by atoms with van der Waals surface area (Å²) in [5, 5.41) is 11.4. The lowest BCUT2D eigenvalue weighted by atomic mass is 9.96. The molecule has 5 nitrogen and oxygen atoms in total. The number of amides is 1. The Balaban J connectivity index is 4.15. The van der Waals surface area contributed by atoms with Crippen molar-refractivity contribution < 1.29 is 14.7 Å². The van der Waals surface area contributed by atoms with Crippen LogP contribution in [0.4, 0.5) is 0 Å². The summed E-state index contributed by atoms with van der Waals surface area (Å²) in [5.41, 5.74) is 4.66. The number of carbonyl (C=O) groups is 2. The predicted molar refractivity (Wildman–Crippen MR) is 62.0 cm³/mol. The van der Waals surface area contributed by atoms with Gasteiger partial charge in [0.05, 0.1) is 0 Å². The highest BCUT2D eigenvalue weighted by Gasteiger charge is 2.24. The number of nitrogens with two attached hydrogens (primary N) is 1. The fourth-order valence-electron chi connectivity index (χ4n) is 1.32. The standard InChI is InChI=1S/C11H22N2O3/c1-10(2,12)7-8(14)13-11(3,4)6-5-9(15)16/h5-7,12H2,1-4H3,(H,13,14)(H,15,16). The number of nitrogens with one attached hydrogen (secondary N) is 1. The van der Waals surface area contributed by atoms with Gasteiger partial charge in [0.15, 0.2) is 0 Å². The molecule has 0 heterocycles. The van der Waals surface area contributed by atoms with E-state index in [1.54, 1.807) is 27.7 Å². The molecule has 5 heteroatoms.